The molecule has 0 saturated heterocycles. The van der Waals surface area contributed by atoms with Gasteiger partial charge in [-0.15, -0.1) is 0 Å². The molecule has 162 valence electrons. The Labute approximate surface area is 189 Å². The van der Waals surface area contributed by atoms with E-state index in [1.807, 2.05) is 19.1 Å². The molecule has 9 heteroatoms. The van der Waals surface area contributed by atoms with Gasteiger partial charge in [-0.2, -0.15) is 0 Å². The number of aryl methyl sites for hydroxylation is 1. The van der Waals surface area contributed by atoms with Crippen LogP contribution < -0.4 is 19.5 Å². The van der Waals surface area contributed by atoms with E-state index in [1.165, 1.54) is 31.4 Å². The topological polar surface area (TPSA) is 93.7 Å². The van der Waals surface area contributed by atoms with Crippen LogP contribution in [0, 0.1) is 6.92 Å². The van der Waals surface area contributed by atoms with Crippen molar-refractivity contribution in [1.82, 2.24) is 0 Å². The highest BCUT2D eigenvalue weighted by molar-refractivity contribution is 9.10. The van der Waals surface area contributed by atoms with Gasteiger partial charge in [-0.25, -0.2) is 8.42 Å². The summed E-state index contributed by atoms with van der Waals surface area (Å²) in [6, 6.07) is 18.0. The van der Waals surface area contributed by atoms with Crippen molar-refractivity contribution >= 4 is 43.2 Å². The van der Waals surface area contributed by atoms with Gasteiger partial charge < -0.3 is 14.8 Å². The van der Waals surface area contributed by atoms with Crippen molar-refractivity contribution < 1.29 is 22.7 Å². The van der Waals surface area contributed by atoms with E-state index in [0.29, 0.717) is 22.9 Å². The lowest BCUT2D eigenvalue weighted by Gasteiger charge is -2.11. The molecule has 0 bridgehead atoms. The average molecular weight is 505 g/mol. The second kappa shape index (κ2) is 9.84. The van der Waals surface area contributed by atoms with Gasteiger partial charge in [-0.1, -0.05) is 6.07 Å². The van der Waals surface area contributed by atoms with E-state index in [1.54, 1.807) is 30.3 Å². The minimum Gasteiger partial charge on any atom is -0.497 e. The third kappa shape index (κ3) is 6.22. The molecule has 0 spiro atoms. The zero-order valence-corrected chi connectivity index (χ0v) is 19.3. The largest absolute Gasteiger partial charge is 0.497 e. The summed E-state index contributed by atoms with van der Waals surface area (Å²) in [6.45, 7) is 1.78. The van der Waals surface area contributed by atoms with Crippen molar-refractivity contribution in [3.8, 4) is 11.5 Å². The highest BCUT2D eigenvalue weighted by Crippen LogP contribution is 2.26. The first-order valence-electron chi connectivity index (χ1n) is 9.22. The Bertz CT molecular complexity index is 1160. The van der Waals surface area contributed by atoms with Crippen LogP contribution in [0.25, 0.3) is 0 Å². The van der Waals surface area contributed by atoms with Gasteiger partial charge in [0.2, 0.25) is 0 Å². The van der Waals surface area contributed by atoms with E-state index in [0.717, 1.165) is 10.0 Å². The van der Waals surface area contributed by atoms with Gasteiger partial charge in [0.1, 0.15) is 11.5 Å². The fraction of sp³-hybridized carbons (Fsp3) is 0.136. The molecule has 1 amide bonds. The van der Waals surface area contributed by atoms with Crippen LogP contribution in [0.15, 0.2) is 76.1 Å². The van der Waals surface area contributed by atoms with Gasteiger partial charge in [0.25, 0.3) is 15.9 Å². The summed E-state index contributed by atoms with van der Waals surface area (Å²) in [4.78, 5) is 12.2. The van der Waals surface area contributed by atoms with Crippen LogP contribution in [-0.4, -0.2) is 28.0 Å². The number of anilines is 2. The summed E-state index contributed by atoms with van der Waals surface area (Å²) in [7, 11) is -2.23. The second-order valence-corrected chi connectivity index (χ2v) is 9.17. The van der Waals surface area contributed by atoms with Crippen molar-refractivity contribution in [3.63, 3.8) is 0 Å². The molecule has 0 aliphatic rings. The molecule has 0 saturated carbocycles. The number of hydrogen-bond acceptors (Lipinski definition) is 5. The van der Waals surface area contributed by atoms with Crippen LogP contribution in [0.5, 0.6) is 11.5 Å². The predicted molar refractivity (Wildman–Crippen MR) is 123 cm³/mol. The molecule has 3 aromatic rings. The molecule has 0 aliphatic heterocycles. The lowest BCUT2D eigenvalue weighted by molar-refractivity contribution is -0.118. The highest BCUT2D eigenvalue weighted by atomic mass is 79.9. The zero-order chi connectivity index (χ0) is 22.4. The van der Waals surface area contributed by atoms with E-state index in [9.17, 15) is 13.2 Å². The first-order valence-corrected chi connectivity index (χ1v) is 11.5. The van der Waals surface area contributed by atoms with Crippen LogP contribution in [-0.2, 0) is 14.8 Å². The Hall–Kier alpha value is -3.04. The van der Waals surface area contributed by atoms with Crippen LogP contribution in [0.1, 0.15) is 5.56 Å². The molecular formula is C22H21BrN2O5S. The number of nitrogens with one attached hydrogen (secondary N) is 2. The number of benzene rings is 3. The van der Waals surface area contributed by atoms with Gasteiger partial charge in [0.15, 0.2) is 6.61 Å². The molecule has 0 heterocycles. The molecule has 0 radical (unpaired) electrons. The SMILES string of the molecule is COc1ccc(NS(=O)(=O)c2ccc(NC(=O)COc3ccc(C)cc3Br)cc2)cc1. The Morgan fingerprint density at radius 1 is 0.968 bits per heavy atom. The summed E-state index contributed by atoms with van der Waals surface area (Å²) in [5.74, 6) is 0.827. The number of sulfonamides is 1. The number of halogens is 1. The smallest absolute Gasteiger partial charge is 0.262 e. The van der Waals surface area contributed by atoms with E-state index in [2.05, 4.69) is 26.0 Å². The van der Waals surface area contributed by atoms with Gasteiger partial charge >= 0.3 is 0 Å². The van der Waals surface area contributed by atoms with E-state index >= 15 is 0 Å². The Morgan fingerprint density at radius 3 is 2.23 bits per heavy atom. The average Bonchev–Trinajstić information content (AvgIpc) is 2.74. The maximum Gasteiger partial charge on any atom is 0.262 e. The zero-order valence-electron chi connectivity index (χ0n) is 16.9. The van der Waals surface area contributed by atoms with E-state index < -0.39 is 10.0 Å². The lowest BCUT2D eigenvalue weighted by atomic mass is 10.2. The number of rotatable bonds is 8. The Morgan fingerprint density at radius 2 is 1.61 bits per heavy atom. The molecule has 3 aromatic carbocycles. The maximum atomic E-state index is 12.6. The van der Waals surface area contributed by atoms with Crippen LogP contribution in [0.4, 0.5) is 11.4 Å². The van der Waals surface area contributed by atoms with Crippen molar-refractivity contribution in [2.75, 3.05) is 23.8 Å². The molecule has 0 aromatic heterocycles. The van der Waals surface area contributed by atoms with Crippen LogP contribution >= 0.6 is 15.9 Å². The maximum absolute atomic E-state index is 12.6. The number of methoxy groups -OCH3 is 1. The third-order valence-corrected chi connectivity index (χ3v) is 6.25. The van der Waals surface area contributed by atoms with Crippen molar-refractivity contribution in [2.24, 2.45) is 0 Å². The van der Waals surface area contributed by atoms with Gasteiger partial charge in [0, 0.05) is 11.4 Å². The normalized spacial score (nSPS) is 10.9. The number of hydrogen-bond donors (Lipinski definition) is 2. The quantitative estimate of drug-likeness (QED) is 0.468. The van der Waals surface area contributed by atoms with Crippen molar-refractivity contribution in [1.29, 1.82) is 0 Å². The summed E-state index contributed by atoms with van der Waals surface area (Å²) >= 11 is 3.40. The molecule has 0 unspecified atom stereocenters. The van der Waals surface area contributed by atoms with Crippen LogP contribution in [0.3, 0.4) is 0 Å². The van der Waals surface area contributed by atoms with E-state index in [4.69, 9.17) is 9.47 Å². The minimum absolute atomic E-state index is 0.0705. The molecule has 2 N–H and O–H groups in total. The minimum atomic E-state index is -3.77. The van der Waals surface area contributed by atoms with Crippen molar-refractivity contribution in [2.45, 2.75) is 11.8 Å². The first kappa shape index (κ1) is 22.6. The number of carbonyl (C=O) groups excluding carboxylic acids is 1. The molecule has 31 heavy (non-hydrogen) atoms. The molecular weight excluding hydrogens is 484 g/mol. The predicted octanol–water partition coefficient (Wildman–Crippen LogP) is 4.58. The standard InChI is InChI=1S/C22H21BrN2O5S/c1-15-3-12-21(20(23)13-15)30-14-22(26)24-16-6-10-19(11-7-16)31(27,28)25-17-4-8-18(29-2)9-5-17/h3-13,25H,14H2,1-2H3,(H,24,26). The number of carbonyl (C=O) groups is 1. The molecule has 7 nitrogen and oxygen atoms in total. The van der Waals surface area contributed by atoms with Gasteiger partial charge in [-0.05, 0) is 89.1 Å². The summed E-state index contributed by atoms with van der Waals surface area (Å²) in [5, 5.41) is 2.68. The summed E-state index contributed by atoms with van der Waals surface area (Å²) < 4.78 is 38.9. The van der Waals surface area contributed by atoms with Gasteiger partial charge in [-0.3, -0.25) is 9.52 Å². The first-order chi connectivity index (χ1) is 14.8. The van der Waals surface area contributed by atoms with Crippen LogP contribution in [0.2, 0.25) is 0 Å². The Kier molecular flexibility index (Phi) is 7.19. The molecule has 0 aliphatic carbocycles. The fourth-order valence-corrected chi connectivity index (χ4v) is 4.32. The second-order valence-electron chi connectivity index (χ2n) is 6.63. The third-order valence-electron chi connectivity index (χ3n) is 4.24. The molecule has 3 rings (SSSR count). The summed E-state index contributed by atoms with van der Waals surface area (Å²) in [6.07, 6.45) is 0. The monoisotopic (exact) mass is 504 g/mol. The van der Waals surface area contributed by atoms with Gasteiger partial charge in [0.05, 0.1) is 16.5 Å². The number of ether oxygens (including phenoxy) is 2. The lowest BCUT2D eigenvalue weighted by Crippen LogP contribution is -2.20. The van der Waals surface area contributed by atoms with Crippen molar-refractivity contribution in [3.05, 3.63) is 76.8 Å². The molecule has 0 fully saturated rings. The van der Waals surface area contributed by atoms with E-state index in [-0.39, 0.29) is 17.4 Å². The number of amides is 1. The Balaban J connectivity index is 1.58. The molecule has 0 atom stereocenters. The fourth-order valence-electron chi connectivity index (χ4n) is 2.65. The highest BCUT2D eigenvalue weighted by Gasteiger charge is 2.15. The summed E-state index contributed by atoms with van der Waals surface area (Å²) in [5.41, 5.74) is 1.94.